The lowest BCUT2D eigenvalue weighted by atomic mass is 10.1. The number of thiophene rings is 1. The van der Waals surface area contributed by atoms with Crippen molar-refractivity contribution in [1.82, 2.24) is 15.5 Å². The summed E-state index contributed by atoms with van der Waals surface area (Å²) in [6.45, 7) is 0.189. The molecule has 2 aromatic heterocycles. The summed E-state index contributed by atoms with van der Waals surface area (Å²) in [6.07, 6.45) is -2.69. The van der Waals surface area contributed by atoms with Crippen LogP contribution in [0.1, 0.15) is 28.0 Å². The molecule has 0 atom stereocenters. The van der Waals surface area contributed by atoms with Gasteiger partial charge in [-0.15, -0.1) is 11.3 Å². The number of nitrogens with zero attached hydrogens (tertiary/aromatic N) is 1. The Morgan fingerprint density at radius 3 is 2.83 bits per heavy atom. The third-order valence-electron chi connectivity index (χ3n) is 3.28. The average molecular weight is 333 g/mol. The lowest BCUT2D eigenvalue weighted by Crippen LogP contribution is -2.24. The molecule has 4 nitrogen and oxygen atoms in total. The van der Waals surface area contributed by atoms with Crippen molar-refractivity contribution in [1.29, 1.82) is 0 Å². The van der Waals surface area contributed by atoms with Crippen LogP contribution in [0.25, 0.3) is 10.6 Å². The second-order valence-corrected chi connectivity index (χ2v) is 5.77. The van der Waals surface area contributed by atoms with Crippen LogP contribution >= 0.6 is 11.3 Å². The molecule has 0 unspecified atom stereocenters. The Balaban J connectivity index is 1.68. The number of aromatic amines is 1. The number of hydrogen-bond donors (Lipinski definition) is 2. The zero-order valence-corrected chi connectivity index (χ0v) is 12.7. The van der Waals surface area contributed by atoms with Gasteiger partial charge in [0.2, 0.25) is 0 Å². The molecule has 7 heteroatoms. The number of nitrogens with one attached hydrogen (secondary N) is 2. The van der Waals surface area contributed by atoms with Crippen molar-refractivity contribution in [2.45, 2.75) is 13.0 Å². The zero-order valence-electron chi connectivity index (χ0n) is 11.9. The van der Waals surface area contributed by atoms with Gasteiger partial charge in [0.05, 0.1) is 17.1 Å². The quantitative estimate of drug-likeness (QED) is 0.741. The fourth-order valence-electron chi connectivity index (χ4n) is 2.17. The molecule has 0 fully saturated rings. The van der Waals surface area contributed by atoms with Crippen LogP contribution in [0.4, 0.5) is 8.78 Å². The molecule has 1 amide bonds. The normalized spacial score (nSPS) is 10.9. The maximum atomic E-state index is 12.9. The molecule has 0 aliphatic carbocycles. The first-order chi connectivity index (χ1) is 11.1. The van der Waals surface area contributed by atoms with E-state index in [0.29, 0.717) is 5.69 Å². The lowest BCUT2D eigenvalue weighted by Gasteiger charge is -2.08. The van der Waals surface area contributed by atoms with E-state index in [1.54, 1.807) is 17.4 Å². The molecule has 2 N–H and O–H groups in total. The minimum Gasteiger partial charge on any atom is -0.346 e. The topological polar surface area (TPSA) is 57.8 Å². The first kappa shape index (κ1) is 15.4. The first-order valence-corrected chi connectivity index (χ1v) is 7.76. The molecular weight excluding hydrogens is 320 g/mol. The number of hydrogen-bond acceptors (Lipinski definition) is 3. The predicted molar refractivity (Wildman–Crippen MR) is 84.5 cm³/mol. The number of carbonyl (C=O) groups is 1. The van der Waals surface area contributed by atoms with E-state index in [4.69, 9.17) is 0 Å². The van der Waals surface area contributed by atoms with Crippen molar-refractivity contribution >= 4 is 17.2 Å². The van der Waals surface area contributed by atoms with Gasteiger partial charge >= 0.3 is 0 Å². The second kappa shape index (κ2) is 6.70. The minimum atomic E-state index is -2.69. The van der Waals surface area contributed by atoms with Gasteiger partial charge in [0.25, 0.3) is 12.3 Å². The SMILES string of the molecule is O=C(NCc1cc(-c2cccs2)n[nH]1)c1ccccc1C(F)F. The number of rotatable bonds is 5. The van der Waals surface area contributed by atoms with Crippen molar-refractivity contribution in [2.24, 2.45) is 0 Å². The molecule has 0 aliphatic heterocycles. The van der Waals surface area contributed by atoms with Crippen LogP contribution < -0.4 is 5.32 Å². The third kappa shape index (κ3) is 3.45. The molecule has 0 aliphatic rings. The number of amides is 1. The highest BCUT2D eigenvalue weighted by Crippen LogP contribution is 2.24. The minimum absolute atomic E-state index is 0.0134. The lowest BCUT2D eigenvalue weighted by molar-refractivity contribution is 0.0937. The van der Waals surface area contributed by atoms with Gasteiger partial charge in [-0.3, -0.25) is 9.89 Å². The summed E-state index contributed by atoms with van der Waals surface area (Å²) in [5.41, 5.74) is 1.21. The van der Waals surface area contributed by atoms with E-state index >= 15 is 0 Å². The zero-order chi connectivity index (χ0) is 16.2. The van der Waals surface area contributed by atoms with Gasteiger partial charge < -0.3 is 5.32 Å². The Bertz CT molecular complexity index is 799. The summed E-state index contributed by atoms with van der Waals surface area (Å²) in [6, 6.07) is 11.4. The number of alkyl halides is 2. The van der Waals surface area contributed by atoms with Crippen LogP contribution in [0.15, 0.2) is 47.8 Å². The van der Waals surface area contributed by atoms with E-state index in [1.807, 2.05) is 23.6 Å². The van der Waals surface area contributed by atoms with Crippen LogP contribution in [-0.4, -0.2) is 16.1 Å². The molecule has 0 radical (unpaired) electrons. The summed E-state index contributed by atoms with van der Waals surface area (Å²) in [7, 11) is 0. The number of benzene rings is 1. The first-order valence-electron chi connectivity index (χ1n) is 6.88. The van der Waals surface area contributed by atoms with Crippen molar-refractivity contribution in [2.75, 3.05) is 0 Å². The summed E-state index contributed by atoms with van der Waals surface area (Å²) < 4.78 is 25.8. The Morgan fingerprint density at radius 2 is 2.09 bits per heavy atom. The molecule has 23 heavy (non-hydrogen) atoms. The van der Waals surface area contributed by atoms with E-state index in [0.717, 1.165) is 10.6 Å². The van der Waals surface area contributed by atoms with E-state index in [9.17, 15) is 13.6 Å². The van der Waals surface area contributed by atoms with Crippen molar-refractivity contribution in [3.8, 4) is 10.6 Å². The number of halogens is 2. The fraction of sp³-hybridized carbons (Fsp3) is 0.125. The third-order valence-corrected chi connectivity index (χ3v) is 4.18. The number of carbonyl (C=O) groups excluding carboxylic acids is 1. The van der Waals surface area contributed by atoms with E-state index < -0.39 is 12.3 Å². The van der Waals surface area contributed by atoms with Gasteiger partial charge in [0, 0.05) is 11.1 Å². The highest BCUT2D eigenvalue weighted by molar-refractivity contribution is 7.13. The molecule has 118 valence electrons. The molecule has 2 heterocycles. The maximum Gasteiger partial charge on any atom is 0.264 e. The monoisotopic (exact) mass is 333 g/mol. The van der Waals surface area contributed by atoms with E-state index in [-0.39, 0.29) is 17.7 Å². The van der Waals surface area contributed by atoms with Gasteiger partial charge in [0.1, 0.15) is 5.69 Å². The predicted octanol–water partition coefficient (Wildman–Crippen LogP) is 4.01. The van der Waals surface area contributed by atoms with Gasteiger partial charge in [-0.2, -0.15) is 5.10 Å². The molecule has 0 bridgehead atoms. The van der Waals surface area contributed by atoms with Crippen LogP contribution in [0, 0.1) is 0 Å². The Morgan fingerprint density at radius 1 is 1.26 bits per heavy atom. The summed E-state index contributed by atoms with van der Waals surface area (Å²) in [5.74, 6) is -0.534. The molecule has 0 saturated heterocycles. The van der Waals surface area contributed by atoms with E-state index in [2.05, 4.69) is 15.5 Å². The summed E-state index contributed by atoms with van der Waals surface area (Å²) in [4.78, 5) is 13.1. The van der Waals surface area contributed by atoms with E-state index in [1.165, 1.54) is 18.2 Å². The Hall–Kier alpha value is -2.54. The number of aromatic nitrogens is 2. The van der Waals surface area contributed by atoms with Gasteiger partial charge in [0.15, 0.2) is 0 Å². The molecule has 1 aromatic carbocycles. The molecular formula is C16H13F2N3OS. The Kier molecular flexibility index (Phi) is 4.47. The summed E-state index contributed by atoms with van der Waals surface area (Å²) >= 11 is 1.56. The maximum absolute atomic E-state index is 12.9. The smallest absolute Gasteiger partial charge is 0.264 e. The molecule has 3 aromatic rings. The van der Waals surface area contributed by atoms with Gasteiger partial charge in [-0.25, -0.2) is 8.78 Å². The highest BCUT2D eigenvalue weighted by Gasteiger charge is 2.17. The molecule has 0 saturated carbocycles. The average Bonchev–Trinajstić information content (AvgIpc) is 3.23. The Labute approximate surface area is 135 Å². The van der Waals surface area contributed by atoms with Crippen LogP contribution in [0.2, 0.25) is 0 Å². The van der Waals surface area contributed by atoms with Crippen molar-refractivity contribution < 1.29 is 13.6 Å². The van der Waals surface area contributed by atoms with Crippen molar-refractivity contribution in [3.63, 3.8) is 0 Å². The van der Waals surface area contributed by atoms with Gasteiger partial charge in [-0.1, -0.05) is 24.3 Å². The van der Waals surface area contributed by atoms with Crippen LogP contribution in [0.5, 0.6) is 0 Å². The standard InChI is InChI=1S/C16H13F2N3OS/c17-15(18)11-4-1-2-5-12(11)16(22)19-9-10-8-13(21-20-10)14-6-3-7-23-14/h1-8,15H,9H2,(H,19,22)(H,20,21). The van der Waals surface area contributed by atoms with Crippen LogP contribution in [0.3, 0.4) is 0 Å². The molecule has 3 rings (SSSR count). The van der Waals surface area contributed by atoms with Crippen LogP contribution in [-0.2, 0) is 6.54 Å². The highest BCUT2D eigenvalue weighted by atomic mass is 32.1. The summed E-state index contributed by atoms with van der Waals surface area (Å²) in [5, 5.41) is 11.6. The fourth-order valence-corrected chi connectivity index (χ4v) is 2.85. The van der Waals surface area contributed by atoms with Gasteiger partial charge in [-0.05, 0) is 23.6 Å². The number of H-pyrrole nitrogens is 1. The molecule has 0 spiro atoms. The van der Waals surface area contributed by atoms with Crippen molar-refractivity contribution in [3.05, 3.63) is 64.7 Å². The largest absolute Gasteiger partial charge is 0.346 e. The second-order valence-electron chi connectivity index (χ2n) is 4.83.